The van der Waals surface area contributed by atoms with Crippen LogP contribution in [0.4, 0.5) is 6.01 Å². The summed E-state index contributed by atoms with van der Waals surface area (Å²) in [6.07, 6.45) is 0. The van der Waals surface area contributed by atoms with Gasteiger partial charge in [0.05, 0.1) is 24.3 Å². The summed E-state index contributed by atoms with van der Waals surface area (Å²) >= 11 is 0. The number of anilines is 1. The Balaban J connectivity index is 1.45. The molecule has 0 atom stereocenters. The van der Waals surface area contributed by atoms with Gasteiger partial charge in [-0.1, -0.05) is 17.2 Å². The molecule has 1 N–H and O–H groups in total. The maximum atomic E-state index is 12.4. The number of carbonyl (C=O) groups excluding carboxylic acids is 3. The van der Waals surface area contributed by atoms with Crippen LogP contribution >= 0.6 is 0 Å². The van der Waals surface area contributed by atoms with E-state index >= 15 is 0 Å². The van der Waals surface area contributed by atoms with E-state index in [1.807, 2.05) is 13.8 Å². The van der Waals surface area contributed by atoms with Crippen LogP contribution in [0.1, 0.15) is 34.6 Å². The Kier molecular flexibility index (Phi) is 5.84. The molecule has 3 amide bonds. The molecule has 0 bridgehead atoms. The van der Waals surface area contributed by atoms with Crippen LogP contribution in [0.15, 0.2) is 46.9 Å². The minimum Gasteiger partial charge on any atom is -0.490 e. The largest absolute Gasteiger partial charge is 0.490 e. The lowest BCUT2D eigenvalue weighted by Gasteiger charge is -2.12. The van der Waals surface area contributed by atoms with E-state index in [0.717, 1.165) is 4.90 Å². The van der Waals surface area contributed by atoms with Crippen LogP contribution in [-0.4, -0.2) is 52.6 Å². The van der Waals surface area contributed by atoms with Crippen molar-refractivity contribution in [3.63, 3.8) is 0 Å². The van der Waals surface area contributed by atoms with Gasteiger partial charge >= 0.3 is 6.01 Å². The van der Waals surface area contributed by atoms with Crippen molar-refractivity contribution in [3.8, 4) is 23.0 Å². The standard InChI is InChI=1S/C22H20N4O6/c1-3-30-16-10-9-13(11-17(16)31-4-2)19-24-25-22(32-19)23-18(27)12-26-20(28)14-7-5-6-8-15(14)21(26)29/h5-11H,3-4,12H2,1-2H3,(H,23,25,27). The molecular formula is C22H20N4O6. The summed E-state index contributed by atoms with van der Waals surface area (Å²) in [7, 11) is 0. The van der Waals surface area contributed by atoms with Gasteiger partial charge < -0.3 is 13.9 Å². The topological polar surface area (TPSA) is 124 Å². The fourth-order valence-electron chi connectivity index (χ4n) is 3.26. The lowest BCUT2D eigenvalue weighted by Crippen LogP contribution is -2.37. The second kappa shape index (κ2) is 8.88. The molecule has 0 aliphatic carbocycles. The lowest BCUT2D eigenvalue weighted by atomic mass is 10.1. The number of amides is 3. The molecule has 0 spiro atoms. The number of rotatable bonds is 8. The number of benzene rings is 2. The summed E-state index contributed by atoms with van der Waals surface area (Å²) in [5.74, 6) is -0.413. The van der Waals surface area contributed by atoms with Crippen molar-refractivity contribution < 1.29 is 28.3 Å². The van der Waals surface area contributed by atoms with Crippen molar-refractivity contribution in [3.05, 3.63) is 53.6 Å². The van der Waals surface area contributed by atoms with Crippen LogP contribution in [0.25, 0.3) is 11.5 Å². The first kappa shape index (κ1) is 21.0. The Hall–Kier alpha value is -4.21. The van der Waals surface area contributed by atoms with Crippen LogP contribution in [0, 0.1) is 0 Å². The third-order valence-electron chi connectivity index (χ3n) is 4.64. The van der Waals surface area contributed by atoms with Crippen molar-refractivity contribution in [1.82, 2.24) is 15.1 Å². The van der Waals surface area contributed by atoms with Gasteiger partial charge in [-0.05, 0) is 44.2 Å². The Morgan fingerprint density at radius 2 is 1.62 bits per heavy atom. The van der Waals surface area contributed by atoms with Gasteiger partial charge in [-0.2, -0.15) is 0 Å². The predicted molar refractivity (Wildman–Crippen MR) is 113 cm³/mol. The fourth-order valence-corrected chi connectivity index (χ4v) is 3.26. The number of nitrogens with one attached hydrogen (secondary N) is 1. The first-order valence-electron chi connectivity index (χ1n) is 10.0. The SMILES string of the molecule is CCOc1ccc(-c2nnc(NC(=O)CN3C(=O)c4ccccc4C3=O)o2)cc1OCC. The van der Waals surface area contributed by atoms with E-state index < -0.39 is 24.3 Å². The van der Waals surface area contributed by atoms with Gasteiger partial charge in [0, 0.05) is 5.56 Å². The number of ether oxygens (including phenoxy) is 2. The van der Waals surface area contributed by atoms with Crippen LogP contribution in [-0.2, 0) is 4.79 Å². The van der Waals surface area contributed by atoms with Crippen LogP contribution < -0.4 is 14.8 Å². The Bertz CT molecular complexity index is 1150. The summed E-state index contributed by atoms with van der Waals surface area (Å²) < 4.78 is 16.6. The molecule has 0 saturated carbocycles. The Labute approximate surface area is 183 Å². The second-order valence-electron chi connectivity index (χ2n) is 6.73. The first-order chi connectivity index (χ1) is 15.5. The molecule has 4 rings (SSSR count). The molecule has 2 aromatic carbocycles. The lowest BCUT2D eigenvalue weighted by molar-refractivity contribution is -0.116. The van der Waals surface area contributed by atoms with Gasteiger partial charge in [0.15, 0.2) is 11.5 Å². The van der Waals surface area contributed by atoms with E-state index in [0.29, 0.717) is 30.3 Å². The monoisotopic (exact) mass is 436 g/mol. The molecule has 1 aliphatic heterocycles. The van der Waals surface area contributed by atoms with Gasteiger partial charge in [-0.25, -0.2) is 0 Å². The predicted octanol–water partition coefficient (Wildman–Crippen LogP) is 2.77. The third kappa shape index (κ3) is 4.02. The van der Waals surface area contributed by atoms with Crippen molar-refractivity contribution in [1.29, 1.82) is 0 Å². The summed E-state index contributed by atoms with van der Waals surface area (Å²) in [4.78, 5) is 38.1. The maximum absolute atomic E-state index is 12.4. The highest BCUT2D eigenvalue weighted by Gasteiger charge is 2.36. The zero-order valence-electron chi connectivity index (χ0n) is 17.5. The number of fused-ring (bicyclic) bond motifs is 1. The van der Waals surface area contributed by atoms with Crippen LogP contribution in [0.5, 0.6) is 11.5 Å². The number of nitrogens with zero attached hydrogens (tertiary/aromatic N) is 3. The Morgan fingerprint density at radius 1 is 0.969 bits per heavy atom. The quantitative estimate of drug-likeness (QED) is 0.535. The number of aromatic nitrogens is 2. The number of hydrogen-bond acceptors (Lipinski definition) is 8. The third-order valence-corrected chi connectivity index (χ3v) is 4.64. The van der Waals surface area contributed by atoms with E-state index in [2.05, 4.69) is 15.5 Å². The summed E-state index contributed by atoms with van der Waals surface area (Å²) in [5.41, 5.74) is 1.11. The molecule has 0 saturated heterocycles. The minimum absolute atomic E-state index is 0.157. The van der Waals surface area contributed by atoms with Gasteiger partial charge in [-0.15, -0.1) is 5.10 Å². The van der Waals surface area contributed by atoms with Crippen molar-refractivity contribution in [2.24, 2.45) is 0 Å². The van der Waals surface area contributed by atoms with E-state index in [-0.39, 0.29) is 23.0 Å². The van der Waals surface area contributed by atoms with Gasteiger partial charge in [0.25, 0.3) is 11.8 Å². The molecule has 10 heteroatoms. The maximum Gasteiger partial charge on any atom is 0.322 e. The zero-order valence-corrected chi connectivity index (χ0v) is 17.5. The van der Waals surface area contributed by atoms with Gasteiger partial charge in [-0.3, -0.25) is 24.6 Å². The molecule has 0 fully saturated rings. The average molecular weight is 436 g/mol. The highest BCUT2D eigenvalue weighted by atomic mass is 16.5. The molecule has 2 heterocycles. The fraction of sp³-hybridized carbons (Fsp3) is 0.227. The minimum atomic E-state index is -0.642. The van der Waals surface area contributed by atoms with Gasteiger partial charge in [0.2, 0.25) is 11.8 Å². The molecule has 164 valence electrons. The molecule has 32 heavy (non-hydrogen) atoms. The first-order valence-corrected chi connectivity index (χ1v) is 10.0. The van der Waals surface area contributed by atoms with E-state index in [1.54, 1.807) is 42.5 Å². The average Bonchev–Trinajstić information content (AvgIpc) is 3.34. The molecule has 0 radical (unpaired) electrons. The van der Waals surface area contributed by atoms with Crippen molar-refractivity contribution in [2.75, 3.05) is 25.1 Å². The van der Waals surface area contributed by atoms with E-state index in [1.165, 1.54) is 0 Å². The summed E-state index contributed by atoms with van der Waals surface area (Å²) in [6.45, 7) is 4.20. The molecule has 0 unspecified atom stereocenters. The highest BCUT2D eigenvalue weighted by Crippen LogP contribution is 2.33. The Morgan fingerprint density at radius 3 is 2.28 bits per heavy atom. The van der Waals surface area contributed by atoms with Crippen LogP contribution in [0.2, 0.25) is 0 Å². The smallest absolute Gasteiger partial charge is 0.322 e. The number of imide groups is 1. The van der Waals surface area contributed by atoms with E-state index in [9.17, 15) is 14.4 Å². The zero-order chi connectivity index (χ0) is 22.7. The van der Waals surface area contributed by atoms with Crippen LogP contribution in [0.3, 0.4) is 0 Å². The number of carbonyl (C=O) groups is 3. The van der Waals surface area contributed by atoms with Crippen molar-refractivity contribution in [2.45, 2.75) is 13.8 Å². The molecule has 1 aromatic heterocycles. The van der Waals surface area contributed by atoms with Crippen molar-refractivity contribution >= 4 is 23.7 Å². The molecular weight excluding hydrogens is 416 g/mol. The second-order valence-corrected chi connectivity index (χ2v) is 6.73. The summed E-state index contributed by atoms with van der Waals surface area (Å²) in [5, 5.41) is 10.2. The van der Waals surface area contributed by atoms with Gasteiger partial charge in [0.1, 0.15) is 6.54 Å². The molecule has 10 nitrogen and oxygen atoms in total. The normalized spacial score (nSPS) is 12.6. The molecule has 3 aromatic rings. The van der Waals surface area contributed by atoms with E-state index in [4.69, 9.17) is 13.9 Å². The summed E-state index contributed by atoms with van der Waals surface area (Å²) in [6, 6.07) is 11.4. The number of hydrogen-bond donors (Lipinski definition) is 1. The molecule has 1 aliphatic rings. The highest BCUT2D eigenvalue weighted by molar-refractivity contribution is 6.22.